The van der Waals surface area contributed by atoms with Crippen molar-refractivity contribution < 1.29 is 24.2 Å². The average Bonchev–Trinajstić information content (AvgIpc) is 3.33. The third kappa shape index (κ3) is 4.43. The molecule has 1 heterocycles. The molecule has 0 saturated carbocycles. The first-order valence-electron chi connectivity index (χ1n) is 10.5. The maximum atomic E-state index is 12.4. The SMILES string of the molecule is CC(NC(=O)OCC1c2ccccc2-c2ccccc21)C(=O)NCc1c(C(=O)O)cnn1C. The third-order valence-electron chi connectivity index (χ3n) is 5.79. The number of benzene rings is 2. The van der Waals surface area contributed by atoms with Crippen molar-refractivity contribution in [2.75, 3.05) is 6.61 Å². The number of aromatic nitrogens is 2. The second kappa shape index (κ2) is 9.15. The third-order valence-corrected chi connectivity index (χ3v) is 5.79. The summed E-state index contributed by atoms with van der Waals surface area (Å²) >= 11 is 0. The molecule has 0 saturated heterocycles. The van der Waals surface area contributed by atoms with Gasteiger partial charge in [0.25, 0.3) is 0 Å². The number of hydrogen-bond acceptors (Lipinski definition) is 5. The zero-order valence-corrected chi connectivity index (χ0v) is 18.2. The predicted molar refractivity (Wildman–Crippen MR) is 120 cm³/mol. The van der Waals surface area contributed by atoms with Gasteiger partial charge in [-0.3, -0.25) is 9.48 Å². The molecule has 3 N–H and O–H groups in total. The molecule has 2 aromatic carbocycles. The van der Waals surface area contributed by atoms with Crippen LogP contribution < -0.4 is 10.6 Å². The number of hydrogen-bond donors (Lipinski definition) is 3. The zero-order chi connectivity index (χ0) is 23.5. The monoisotopic (exact) mass is 448 g/mol. The van der Waals surface area contributed by atoms with Gasteiger partial charge in [0.2, 0.25) is 5.91 Å². The van der Waals surface area contributed by atoms with E-state index < -0.39 is 24.0 Å². The van der Waals surface area contributed by atoms with Gasteiger partial charge in [0.05, 0.1) is 18.4 Å². The van der Waals surface area contributed by atoms with Gasteiger partial charge in [0.15, 0.2) is 0 Å². The molecule has 4 rings (SSSR count). The number of alkyl carbamates (subject to hydrolysis) is 1. The molecule has 0 aliphatic heterocycles. The highest BCUT2D eigenvalue weighted by Gasteiger charge is 2.29. The lowest BCUT2D eigenvalue weighted by Crippen LogP contribution is -2.45. The summed E-state index contributed by atoms with van der Waals surface area (Å²) in [5, 5.41) is 18.2. The first-order valence-corrected chi connectivity index (χ1v) is 10.5. The van der Waals surface area contributed by atoms with E-state index in [1.807, 2.05) is 36.4 Å². The Bertz CT molecular complexity index is 1170. The normalized spacial score (nSPS) is 13.0. The summed E-state index contributed by atoms with van der Waals surface area (Å²) in [6.07, 6.45) is 0.522. The van der Waals surface area contributed by atoms with E-state index in [9.17, 15) is 19.5 Å². The Morgan fingerprint density at radius 1 is 1.09 bits per heavy atom. The highest BCUT2D eigenvalue weighted by molar-refractivity contribution is 5.89. The van der Waals surface area contributed by atoms with Crippen LogP contribution in [0.5, 0.6) is 0 Å². The number of aromatic carboxylic acids is 1. The second-order valence-electron chi connectivity index (χ2n) is 7.84. The minimum absolute atomic E-state index is 0.00921. The molecule has 2 amide bonds. The Balaban J connectivity index is 1.33. The minimum atomic E-state index is -1.13. The van der Waals surface area contributed by atoms with Crippen LogP contribution in [-0.4, -0.2) is 45.5 Å². The molecule has 0 bridgehead atoms. The van der Waals surface area contributed by atoms with Gasteiger partial charge in [-0.15, -0.1) is 0 Å². The number of nitrogens with one attached hydrogen (secondary N) is 2. The molecule has 1 aliphatic carbocycles. The van der Waals surface area contributed by atoms with Crippen molar-refractivity contribution in [2.24, 2.45) is 7.05 Å². The maximum Gasteiger partial charge on any atom is 0.407 e. The van der Waals surface area contributed by atoms with Crippen LogP contribution in [0.25, 0.3) is 11.1 Å². The Morgan fingerprint density at radius 3 is 2.30 bits per heavy atom. The van der Waals surface area contributed by atoms with Crippen molar-refractivity contribution in [2.45, 2.75) is 25.4 Å². The summed E-state index contributed by atoms with van der Waals surface area (Å²) in [5.41, 5.74) is 4.82. The predicted octanol–water partition coefficient (Wildman–Crippen LogP) is 2.66. The van der Waals surface area contributed by atoms with Crippen LogP contribution >= 0.6 is 0 Å². The van der Waals surface area contributed by atoms with Gasteiger partial charge >= 0.3 is 12.1 Å². The average molecular weight is 448 g/mol. The van der Waals surface area contributed by atoms with Crippen molar-refractivity contribution in [3.63, 3.8) is 0 Å². The van der Waals surface area contributed by atoms with E-state index in [-0.39, 0.29) is 24.6 Å². The van der Waals surface area contributed by atoms with E-state index in [4.69, 9.17) is 4.74 Å². The van der Waals surface area contributed by atoms with Crippen molar-refractivity contribution in [1.29, 1.82) is 0 Å². The number of rotatable bonds is 7. The summed E-state index contributed by atoms with van der Waals surface area (Å²) in [4.78, 5) is 36.0. The molecule has 9 nitrogen and oxygen atoms in total. The second-order valence-corrected chi connectivity index (χ2v) is 7.84. The van der Waals surface area contributed by atoms with Crippen molar-refractivity contribution in [1.82, 2.24) is 20.4 Å². The minimum Gasteiger partial charge on any atom is -0.478 e. The fourth-order valence-corrected chi connectivity index (χ4v) is 4.06. The van der Waals surface area contributed by atoms with Crippen LogP contribution in [0.1, 0.15) is 40.0 Å². The van der Waals surface area contributed by atoms with Crippen LogP contribution in [0.4, 0.5) is 4.79 Å². The van der Waals surface area contributed by atoms with Crippen molar-refractivity contribution >= 4 is 18.0 Å². The number of aryl methyl sites for hydroxylation is 1. The molecular formula is C24H24N4O5. The summed E-state index contributed by atoms with van der Waals surface area (Å²) in [7, 11) is 1.59. The molecule has 1 atom stereocenters. The first kappa shape index (κ1) is 22.1. The topological polar surface area (TPSA) is 123 Å². The standard InChI is InChI=1S/C24H24N4O5/c1-14(22(29)25-12-21-19(23(30)31)11-26-28(21)2)27-24(32)33-13-20-17-9-5-3-7-15(17)16-8-4-6-10-18(16)20/h3-11,14,20H,12-13H2,1-2H3,(H,25,29)(H,27,32)(H,30,31). The van der Waals surface area contributed by atoms with Crippen molar-refractivity contribution in [3.05, 3.63) is 77.1 Å². The fraction of sp³-hybridized carbons (Fsp3) is 0.250. The van der Waals surface area contributed by atoms with Crippen molar-refractivity contribution in [3.8, 4) is 11.1 Å². The lowest BCUT2D eigenvalue weighted by molar-refractivity contribution is -0.122. The van der Waals surface area contributed by atoms with Crippen LogP contribution in [0, 0.1) is 0 Å². The van der Waals surface area contributed by atoms with Gasteiger partial charge in [-0.2, -0.15) is 5.10 Å². The Hall–Kier alpha value is -4.14. The van der Waals surface area contributed by atoms with Crippen LogP contribution in [0.15, 0.2) is 54.7 Å². The molecule has 1 aliphatic rings. The van der Waals surface area contributed by atoms with Gasteiger partial charge in [0, 0.05) is 13.0 Å². The molecule has 0 fully saturated rings. The van der Waals surface area contributed by atoms with E-state index in [0.29, 0.717) is 5.69 Å². The molecule has 3 aromatic rings. The van der Waals surface area contributed by atoms with Gasteiger partial charge < -0.3 is 20.5 Å². The number of carboxylic acid groups (broad SMARTS) is 1. The van der Waals surface area contributed by atoms with Gasteiger partial charge in [0.1, 0.15) is 18.2 Å². The Labute approximate surface area is 190 Å². The summed E-state index contributed by atoms with van der Waals surface area (Å²) in [6.45, 7) is 1.64. The van der Waals surface area contributed by atoms with Crippen LogP contribution in [0.2, 0.25) is 0 Å². The lowest BCUT2D eigenvalue weighted by atomic mass is 9.98. The molecule has 1 unspecified atom stereocenters. The highest BCUT2D eigenvalue weighted by Crippen LogP contribution is 2.44. The number of ether oxygens (including phenoxy) is 1. The van der Waals surface area contributed by atoms with Gasteiger partial charge in [-0.25, -0.2) is 9.59 Å². The van der Waals surface area contributed by atoms with E-state index in [1.165, 1.54) is 17.8 Å². The van der Waals surface area contributed by atoms with E-state index >= 15 is 0 Å². The number of carbonyl (C=O) groups is 3. The number of carboxylic acids is 1. The van der Waals surface area contributed by atoms with E-state index in [0.717, 1.165) is 22.3 Å². The number of fused-ring (bicyclic) bond motifs is 3. The van der Waals surface area contributed by atoms with Crippen LogP contribution in [0.3, 0.4) is 0 Å². The largest absolute Gasteiger partial charge is 0.478 e. The molecule has 33 heavy (non-hydrogen) atoms. The summed E-state index contributed by atoms with van der Waals surface area (Å²) < 4.78 is 6.84. The number of nitrogens with zero attached hydrogens (tertiary/aromatic N) is 2. The van der Waals surface area contributed by atoms with Crippen LogP contribution in [-0.2, 0) is 23.1 Å². The molecule has 0 spiro atoms. The summed E-state index contributed by atoms with van der Waals surface area (Å²) in [5.74, 6) is -1.68. The lowest BCUT2D eigenvalue weighted by Gasteiger charge is -2.17. The van der Waals surface area contributed by atoms with E-state index in [1.54, 1.807) is 7.05 Å². The highest BCUT2D eigenvalue weighted by atomic mass is 16.5. The molecule has 1 aromatic heterocycles. The maximum absolute atomic E-state index is 12.4. The fourth-order valence-electron chi connectivity index (χ4n) is 4.06. The molecule has 0 radical (unpaired) electrons. The number of amides is 2. The number of carbonyl (C=O) groups excluding carboxylic acids is 2. The van der Waals surface area contributed by atoms with E-state index in [2.05, 4.69) is 27.9 Å². The summed E-state index contributed by atoms with van der Waals surface area (Å²) in [6, 6.07) is 15.2. The van der Waals surface area contributed by atoms with Gasteiger partial charge in [-0.1, -0.05) is 48.5 Å². The molecule has 170 valence electrons. The molecule has 9 heteroatoms. The quantitative estimate of drug-likeness (QED) is 0.511. The smallest absolute Gasteiger partial charge is 0.407 e. The Morgan fingerprint density at radius 2 is 1.70 bits per heavy atom. The molecular weight excluding hydrogens is 424 g/mol. The van der Waals surface area contributed by atoms with Gasteiger partial charge in [-0.05, 0) is 29.2 Å². The first-order chi connectivity index (χ1) is 15.9. The Kier molecular flexibility index (Phi) is 6.12. The zero-order valence-electron chi connectivity index (χ0n) is 18.2.